The molecule has 13 heavy (non-hydrogen) atoms. The lowest BCUT2D eigenvalue weighted by Gasteiger charge is -1.98. The number of ether oxygens (including phenoxy) is 1. The minimum Gasteiger partial charge on any atom is -0.497 e. The fourth-order valence-corrected chi connectivity index (χ4v) is 0.899. The Hall–Kier alpha value is -1.77. The molecule has 0 atom stereocenters. The molecule has 0 saturated heterocycles. The normalized spacial score (nSPS) is 9.92. The Morgan fingerprint density at radius 3 is 2.54 bits per heavy atom. The molecule has 0 bridgehead atoms. The molecule has 0 aromatic heterocycles. The highest BCUT2D eigenvalue weighted by Gasteiger charge is 1.88. The first-order chi connectivity index (χ1) is 6.36. The molecule has 0 aliphatic carbocycles. The summed E-state index contributed by atoms with van der Waals surface area (Å²) >= 11 is 0. The summed E-state index contributed by atoms with van der Waals surface area (Å²) in [5.74, 6) is 0.820. The number of hydrogen-bond donors (Lipinski definition) is 1. The van der Waals surface area contributed by atoms with Crippen LogP contribution in [-0.4, -0.2) is 13.5 Å². The summed E-state index contributed by atoms with van der Waals surface area (Å²) in [6.45, 7) is 0. The fourth-order valence-electron chi connectivity index (χ4n) is 0.899. The fraction of sp³-hybridized carbons (Fsp3) is 0.100. The Kier molecular flexibility index (Phi) is 3.57. The highest BCUT2D eigenvalue weighted by Crippen LogP contribution is 2.11. The number of carbonyl (C=O) groups is 1. The Morgan fingerprint density at radius 1 is 1.31 bits per heavy atom. The number of carbonyl (C=O) groups excluding carboxylic acids is 1. The van der Waals surface area contributed by atoms with Crippen LogP contribution in [0.4, 0.5) is 0 Å². The quantitative estimate of drug-likeness (QED) is 0.706. The van der Waals surface area contributed by atoms with Gasteiger partial charge in [0.05, 0.1) is 7.11 Å². The summed E-state index contributed by atoms with van der Waals surface area (Å²) < 4.78 is 5.00. The smallest absolute Gasteiger partial charge is 0.211 e. The summed E-state index contributed by atoms with van der Waals surface area (Å²) in [5, 5.41) is 2.43. The SMILES string of the molecule is COc1ccc(/C=C\NC=O)cc1. The third-order valence-electron chi connectivity index (χ3n) is 1.56. The Labute approximate surface area is 77.0 Å². The number of hydrogen-bond acceptors (Lipinski definition) is 2. The first-order valence-electron chi connectivity index (χ1n) is 3.87. The van der Waals surface area contributed by atoms with E-state index in [0.717, 1.165) is 11.3 Å². The van der Waals surface area contributed by atoms with Crippen LogP contribution >= 0.6 is 0 Å². The van der Waals surface area contributed by atoms with Crippen molar-refractivity contribution in [1.29, 1.82) is 0 Å². The highest BCUT2D eigenvalue weighted by molar-refractivity contribution is 5.55. The first kappa shape index (κ1) is 9.32. The molecule has 1 amide bonds. The zero-order chi connectivity index (χ0) is 9.52. The average molecular weight is 177 g/mol. The van der Waals surface area contributed by atoms with Gasteiger partial charge in [-0.05, 0) is 23.8 Å². The van der Waals surface area contributed by atoms with Gasteiger partial charge in [0, 0.05) is 6.20 Å². The van der Waals surface area contributed by atoms with E-state index in [1.165, 1.54) is 0 Å². The maximum absolute atomic E-state index is 9.91. The van der Waals surface area contributed by atoms with Gasteiger partial charge in [-0.2, -0.15) is 0 Å². The molecule has 0 radical (unpaired) electrons. The Bertz CT molecular complexity index is 290. The molecule has 1 N–H and O–H groups in total. The van der Waals surface area contributed by atoms with Gasteiger partial charge in [-0.1, -0.05) is 12.1 Å². The standard InChI is InChI=1S/C10H11NO2/c1-13-10-4-2-9(3-5-10)6-7-11-8-12/h2-8H,1H3,(H,11,12)/b7-6-. The summed E-state index contributed by atoms with van der Waals surface area (Å²) in [5.41, 5.74) is 1.01. The van der Waals surface area contributed by atoms with Crippen molar-refractivity contribution in [2.45, 2.75) is 0 Å². The van der Waals surface area contributed by atoms with E-state index in [0.29, 0.717) is 6.41 Å². The molecule has 0 saturated carbocycles. The van der Waals surface area contributed by atoms with Crippen LogP contribution in [0.2, 0.25) is 0 Å². The van der Waals surface area contributed by atoms with Gasteiger partial charge in [0.25, 0.3) is 0 Å². The van der Waals surface area contributed by atoms with Gasteiger partial charge in [-0.15, -0.1) is 0 Å². The van der Waals surface area contributed by atoms with E-state index in [1.54, 1.807) is 19.4 Å². The lowest BCUT2D eigenvalue weighted by molar-refractivity contribution is -0.108. The van der Waals surface area contributed by atoms with E-state index in [1.807, 2.05) is 24.3 Å². The second-order valence-electron chi connectivity index (χ2n) is 2.39. The van der Waals surface area contributed by atoms with Crippen LogP contribution in [-0.2, 0) is 4.79 Å². The average Bonchev–Trinajstić information content (AvgIpc) is 2.19. The van der Waals surface area contributed by atoms with Gasteiger partial charge < -0.3 is 10.1 Å². The number of amides is 1. The number of rotatable bonds is 4. The summed E-state index contributed by atoms with van der Waals surface area (Å²) in [4.78, 5) is 9.91. The molecule has 68 valence electrons. The van der Waals surface area contributed by atoms with Crippen LogP contribution in [0.15, 0.2) is 30.5 Å². The Balaban J connectivity index is 2.63. The van der Waals surface area contributed by atoms with E-state index in [4.69, 9.17) is 4.74 Å². The monoisotopic (exact) mass is 177 g/mol. The van der Waals surface area contributed by atoms with Crippen LogP contribution in [0.25, 0.3) is 6.08 Å². The van der Waals surface area contributed by atoms with Gasteiger partial charge >= 0.3 is 0 Å². The molecule has 1 aromatic carbocycles. The minimum atomic E-state index is 0.625. The van der Waals surface area contributed by atoms with Crippen molar-refractivity contribution in [3.8, 4) is 5.75 Å². The third kappa shape index (κ3) is 2.99. The molecule has 1 rings (SSSR count). The van der Waals surface area contributed by atoms with E-state index >= 15 is 0 Å². The maximum atomic E-state index is 9.91. The third-order valence-corrected chi connectivity index (χ3v) is 1.56. The van der Waals surface area contributed by atoms with Crippen LogP contribution in [0.3, 0.4) is 0 Å². The van der Waals surface area contributed by atoms with Gasteiger partial charge in [0.15, 0.2) is 0 Å². The van der Waals surface area contributed by atoms with Crippen LogP contribution in [0.1, 0.15) is 5.56 Å². The van der Waals surface area contributed by atoms with Crippen molar-refractivity contribution in [3.63, 3.8) is 0 Å². The first-order valence-corrected chi connectivity index (χ1v) is 3.87. The van der Waals surface area contributed by atoms with Crippen molar-refractivity contribution < 1.29 is 9.53 Å². The zero-order valence-electron chi connectivity index (χ0n) is 7.36. The molecule has 0 heterocycles. The minimum absolute atomic E-state index is 0.625. The van der Waals surface area contributed by atoms with E-state index < -0.39 is 0 Å². The molecule has 0 unspecified atom stereocenters. The van der Waals surface area contributed by atoms with Gasteiger partial charge in [-0.3, -0.25) is 4.79 Å². The number of benzene rings is 1. The largest absolute Gasteiger partial charge is 0.497 e. The van der Waals surface area contributed by atoms with E-state index in [2.05, 4.69) is 5.32 Å². The molecule has 0 fully saturated rings. The molecule has 0 aliphatic rings. The molecule has 3 heteroatoms. The van der Waals surface area contributed by atoms with Crippen molar-refractivity contribution in [1.82, 2.24) is 5.32 Å². The van der Waals surface area contributed by atoms with Crippen LogP contribution < -0.4 is 10.1 Å². The topological polar surface area (TPSA) is 38.3 Å². The number of methoxy groups -OCH3 is 1. The zero-order valence-corrected chi connectivity index (χ0v) is 7.36. The molecule has 1 aromatic rings. The summed E-state index contributed by atoms with van der Waals surface area (Å²) in [6, 6.07) is 7.53. The van der Waals surface area contributed by atoms with Gasteiger partial charge in [-0.25, -0.2) is 0 Å². The molecule has 0 aliphatic heterocycles. The van der Waals surface area contributed by atoms with Crippen molar-refractivity contribution in [2.24, 2.45) is 0 Å². The van der Waals surface area contributed by atoms with Crippen molar-refractivity contribution in [2.75, 3.05) is 7.11 Å². The lowest BCUT2D eigenvalue weighted by Crippen LogP contribution is -1.97. The highest BCUT2D eigenvalue weighted by atomic mass is 16.5. The predicted molar refractivity (Wildman–Crippen MR) is 51.2 cm³/mol. The van der Waals surface area contributed by atoms with Gasteiger partial charge in [0.2, 0.25) is 6.41 Å². The van der Waals surface area contributed by atoms with Crippen molar-refractivity contribution in [3.05, 3.63) is 36.0 Å². The lowest BCUT2D eigenvalue weighted by atomic mass is 10.2. The molecule has 3 nitrogen and oxygen atoms in total. The second kappa shape index (κ2) is 4.98. The van der Waals surface area contributed by atoms with Crippen LogP contribution in [0.5, 0.6) is 5.75 Å². The molecular formula is C10H11NO2. The van der Waals surface area contributed by atoms with Crippen LogP contribution in [0, 0.1) is 0 Å². The predicted octanol–water partition coefficient (Wildman–Crippen LogP) is 1.41. The van der Waals surface area contributed by atoms with E-state index in [-0.39, 0.29) is 0 Å². The maximum Gasteiger partial charge on any atom is 0.211 e. The number of nitrogens with one attached hydrogen (secondary N) is 1. The van der Waals surface area contributed by atoms with Crippen molar-refractivity contribution >= 4 is 12.5 Å². The summed E-state index contributed by atoms with van der Waals surface area (Å²) in [6.07, 6.45) is 4.00. The van der Waals surface area contributed by atoms with Gasteiger partial charge in [0.1, 0.15) is 5.75 Å². The Morgan fingerprint density at radius 2 is 2.00 bits per heavy atom. The molecular weight excluding hydrogens is 166 g/mol. The van der Waals surface area contributed by atoms with E-state index in [9.17, 15) is 4.79 Å². The molecule has 0 spiro atoms. The second-order valence-corrected chi connectivity index (χ2v) is 2.39. The summed E-state index contributed by atoms with van der Waals surface area (Å²) in [7, 11) is 1.62.